The first-order chi connectivity index (χ1) is 13.1. The third-order valence-electron chi connectivity index (χ3n) is 5.18. The second-order valence-electron chi connectivity index (χ2n) is 7.34. The number of halogens is 3. The number of aliphatic carboxylic acids is 1. The minimum Gasteiger partial charge on any atom is -0.475 e. The quantitative estimate of drug-likeness (QED) is 0.712. The highest BCUT2D eigenvalue weighted by atomic mass is 19.4. The molecule has 0 aliphatic carbocycles. The standard InChI is InChI=1S/C15H27N3O3.C2HF3O2/c1-17(2)15(19)16-12-10-18(11-5-8-20-9-6-11)13-4-3-7-21-14(12)13;3-2(4,5)1(6)7/h11-14H,3-10H2,1-2H3,(H,16,19);(H,6,7)/t12-,13-,14-;/m1./s1. The van der Waals surface area contributed by atoms with Crippen LogP contribution in [0.2, 0.25) is 0 Å². The molecule has 0 aromatic heterocycles. The number of likely N-dealkylation sites (tertiary alicyclic amines) is 1. The van der Waals surface area contributed by atoms with Crippen LogP contribution in [-0.2, 0) is 14.3 Å². The molecule has 3 atom stereocenters. The van der Waals surface area contributed by atoms with Crippen molar-refractivity contribution in [1.82, 2.24) is 15.1 Å². The Labute approximate surface area is 161 Å². The number of urea groups is 1. The number of carboxylic acid groups (broad SMARTS) is 1. The van der Waals surface area contributed by atoms with Gasteiger partial charge in [0, 0.05) is 52.5 Å². The molecule has 3 aliphatic rings. The molecule has 0 unspecified atom stereocenters. The van der Waals surface area contributed by atoms with E-state index < -0.39 is 12.1 Å². The number of carbonyl (C=O) groups excluding carboxylic acids is 1. The van der Waals surface area contributed by atoms with Gasteiger partial charge >= 0.3 is 18.2 Å². The number of carbonyl (C=O) groups is 2. The summed E-state index contributed by atoms with van der Waals surface area (Å²) in [6, 6.07) is 1.11. The Morgan fingerprint density at radius 3 is 2.29 bits per heavy atom. The average molecular weight is 411 g/mol. The molecule has 0 radical (unpaired) electrons. The number of rotatable bonds is 2. The maximum atomic E-state index is 12.0. The lowest BCUT2D eigenvalue weighted by molar-refractivity contribution is -0.192. The molecule has 0 spiro atoms. The van der Waals surface area contributed by atoms with Crippen LogP contribution in [0.3, 0.4) is 0 Å². The van der Waals surface area contributed by atoms with Gasteiger partial charge in [-0.1, -0.05) is 0 Å². The number of hydrogen-bond donors (Lipinski definition) is 2. The van der Waals surface area contributed by atoms with Gasteiger partial charge in [-0.05, 0) is 25.7 Å². The zero-order valence-corrected chi connectivity index (χ0v) is 16.1. The number of ether oxygens (including phenoxy) is 2. The number of carboxylic acids is 1. The molecule has 3 fully saturated rings. The molecule has 0 saturated carbocycles. The zero-order chi connectivity index (χ0) is 20.9. The van der Waals surface area contributed by atoms with E-state index in [1.165, 1.54) is 6.42 Å². The van der Waals surface area contributed by atoms with Crippen molar-refractivity contribution >= 4 is 12.0 Å². The Bertz CT molecular complexity index is 541. The molecule has 8 nitrogen and oxygen atoms in total. The molecule has 0 bridgehead atoms. The molecule has 2 N–H and O–H groups in total. The molecular weight excluding hydrogens is 383 g/mol. The van der Waals surface area contributed by atoms with Crippen molar-refractivity contribution < 1.29 is 37.3 Å². The third-order valence-corrected chi connectivity index (χ3v) is 5.18. The van der Waals surface area contributed by atoms with Crippen LogP contribution in [-0.4, -0.2) is 97.8 Å². The van der Waals surface area contributed by atoms with Gasteiger partial charge in [-0.25, -0.2) is 9.59 Å². The number of amides is 2. The van der Waals surface area contributed by atoms with E-state index in [0.29, 0.717) is 12.1 Å². The molecule has 3 rings (SSSR count). The van der Waals surface area contributed by atoms with Crippen molar-refractivity contribution in [3.8, 4) is 0 Å². The van der Waals surface area contributed by atoms with Crippen LogP contribution in [0.1, 0.15) is 25.7 Å². The highest BCUT2D eigenvalue weighted by Crippen LogP contribution is 2.33. The van der Waals surface area contributed by atoms with Gasteiger partial charge in [0.1, 0.15) is 0 Å². The lowest BCUT2D eigenvalue weighted by atomic mass is 9.99. The van der Waals surface area contributed by atoms with E-state index in [4.69, 9.17) is 19.4 Å². The van der Waals surface area contributed by atoms with Gasteiger partial charge in [0.05, 0.1) is 12.1 Å². The van der Waals surface area contributed by atoms with Crippen molar-refractivity contribution in [3.05, 3.63) is 0 Å². The largest absolute Gasteiger partial charge is 0.490 e. The molecular formula is C17H28F3N3O5. The van der Waals surface area contributed by atoms with E-state index in [9.17, 15) is 18.0 Å². The van der Waals surface area contributed by atoms with Gasteiger partial charge in [0.25, 0.3) is 0 Å². The van der Waals surface area contributed by atoms with Crippen molar-refractivity contribution in [2.24, 2.45) is 0 Å². The fourth-order valence-electron chi connectivity index (χ4n) is 3.84. The number of fused-ring (bicyclic) bond motifs is 1. The van der Waals surface area contributed by atoms with Gasteiger partial charge in [-0.15, -0.1) is 0 Å². The molecule has 0 aromatic carbocycles. The Hall–Kier alpha value is -1.59. The highest BCUT2D eigenvalue weighted by Gasteiger charge is 2.47. The number of nitrogens with one attached hydrogen (secondary N) is 1. The smallest absolute Gasteiger partial charge is 0.475 e. The first-order valence-electron chi connectivity index (χ1n) is 9.34. The maximum Gasteiger partial charge on any atom is 0.490 e. The summed E-state index contributed by atoms with van der Waals surface area (Å²) >= 11 is 0. The summed E-state index contributed by atoms with van der Waals surface area (Å²) in [6.07, 6.45) is -0.453. The monoisotopic (exact) mass is 411 g/mol. The second kappa shape index (κ2) is 9.75. The SMILES string of the molecule is CN(C)C(=O)N[C@@H]1CN(C2CCOCC2)[C@@H]2CCCO[C@@H]21.O=C(O)C(F)(F)F. The van der Waals surface area contributed by atoms with Crippen LogP contribution < -0.4 is 5.32 Å². The van der Waals surface area contributed by atoms with Gasteiger partial charge in [-0.2, -0.15) is 13.2 Å². The van der Waals surface area contributed by atoms with Crippen LogP contribution in [0.4, 0.5) is 18.0 Å². The van der Waals surface area contributed by atoms with E-state index >= 15 is 0 Å². The molecule has 3 heterocycles. The second-order valence-corrected chi connectivity index (χ2v) is 7.34. The zero-order valence-electron chi connectivity index (χ0n) is 16.1. The van der Waals surface area contributed by atoms with Crippen molar-refractivity contribution in [1.29, 1.82) is 0 Å². The van der Waals surface area contributed by atoms with Crippen LogP contribution in [0.25, 0.3) is 0 Å². The predicted octanol–water partition coefficient (Wildman–Crippen LogP) is 1.30. The Morgan fingerprint density at radius 1 is 1.14 bits per heavy atom. The van der Waals surface area contributed by atoms with E-state index in [0.717, 1.165) is 45.6 Å². The molecule has 162 valence electrons. The van der Waals surface area contributed by atoms with E-state index in [1.54, 1.807) is 19.0 Å². The summed E-state index contributed by atoms with van der Waals surface area (Å²) < 4.78 is 43.2. The minimum absolute atomic E-state index is 0.0262. The average Bonchev–Trinajstić information content (AvgIpc) is 3.01. The molecule has 2 amide bonds. The Kier molecular flexibility index (Phi) is 7.90. The summed E-state index contributed by atoms with van der Waals surface area (Å²) in [6.45, 7) is 3.43. The van der Waals surface area contributed by atoms with Crippen LogP contribution >= 0.6 is 0 Å². The van der Waals surface area contributed by atoms with E-state index in [2.05, 4.69) is 10.2 Å². The molecule has 11 heteroatoms. The Balaban J connectivity index is 0.000000345. The van der Waals surface area contributed by atoms with Crippen molar-refractivity contribution in [3.63, 3.8) is 0 Å². The van der Waals surface area contributed by atoms with Crippen LogP contribution in [0.5, 0.6) is 0 Å². The number of hydrogen-bond acceptors (Lipinski definition) is 5. The number of alkyl halides is 3. The summed E-state index contributed by atoms with van der Waals surface area (Å²) in [5.74, 6) is -2.76. The fourth-order valence-corrected chi connectivity index (χ4v) is 3.84. The molecule has 28 heavy (non-hydrogen) atoms. The first-order valence-corrected chi connectivity index (χ1v) is 9.34. The summed E-state index contributed by atoms with van der Waals surface area (Å²) in [7, 11) is 3.56. The summed E-state index contributed by atoms with van der Waals surface area (Å²) in [4.78, 5) is 25.0. The third kappa shape index (κ3) is 5.95. The number of nitrogens with zero attached hydrogens (tertiary/aromatic N) is 2. The molecule has 3 aliphatic heterocycles. The molecule has 3 saturated heterocycles. The summed E-state index contributed by atoms with van der Waals surface area (Å²) in [5.41, 5.74) is 0. The fraction of sp³-hybridized carbons (Fsp3) is 0.882. The predicted molar refractivity (Wildman–Crippen MR) is 93.0 cm³/mol. The van der Waals surface area contributed by atoms with E-state index in [1.807, 2.05) is 0 Å². The van der Waals surface area contributed by atoms with Crippen molar-refractivity contribution in [2.45, 2.75) is 56.1 Å². The van der Waals surface area contributed by atoms with E-state index in [-0.39, 0.29) is 18.2 Å². The van der Waals surface area contributed by atoms with Gasteiger partial charge in [0.15, 0.2) is 0 Å². The summed E-state index contributed by atoms with van der Waals surface area (Å²) in [5, 5.41) is 10.3. The van der Waals surface area contributed by atoms with Gasteiger partial charge < -0.3 is 24.8 Å². The lowest BCUT2D eigenvalue weighted by Crippen LogP contribution is -2.50. The first kappa shape index (κ1) is 22.7. The van der Waals surface area contributed by atoms with Gasteiger partial charge in [-0.3, -0.25) is 4.90 Å². The lowest BCUT2D eigenvalue weighted by Gasteiger charge is -2.38. The van der Waals surface area contributed by atoms with Crippen LogP contribution in [0, 0.1) is 0 Å². The minimum atomic E-state index is -5.08. The molecule has 0 aromatic rings. The Morgan fingerprint density at radius 2 is 1.75 bits per heavy atom. The maximum absolute atomic E-state index is 12.0. The van der Waals surface area contributed by atoms with Crippen LogP contribution in [0.15, 0.2) is 0 Å². The van der Waals surface area contributed by atoms with Crippen molar-refractivity contribution in [2.75, 3.05) is 40.5 Å². The topological polar surface area (TPSA) is 91.3 Å². The van der Waals surface area contributed by atoms with Gasteiger partial charge in [0.2, 0.25) is 0 Å². The normalized spacial score (nSPS) is 28.7. The highest BCUT2D eigenvalue weighted by molar-refractivity contribution is 5.74.